The number of rotatable bonds is 3. The van der Waals surface area contributed by atoms with E-state index in [-0.39, 0.29) is 17.0 Å². The number of hydrogen-bond acceptors (Lipinski definition) is 3. The van der Waals surface area contributed by atoms with Crippen LogP contribution < -0.4 is 0 Å². The van der Waals surface area contributed by atoms with Crippen molar-refractivity contribution in [1.82, 2.24) is 4.31 Å². The Morgan fingerprint density at radius 1 is 1.40 bits per heavy atom. The van der Waals surface area contributed by atoms with Crippen LogP contribution in [0.1, 0.15) is 24.8 Å². The highest BCUT2D eigenvalue weighted by Gasteiger charge is 2.38. The molecule has 0 unspecified atom stereocenters. The fourth-order valence-corrected chi connectivity index (χ4v) is 4.33. The van der Waals surface area contributed by atoms with Gasteiger partial charge >= 0.3 is 5.97 Å². The molecule has 0 bridgehead atoms. The van der Waals surface area contributed by atoms with Crippen LogP contribution in [0.2, 0.25) is 0 Å². The molecule has 1 aromatic rings. The summed E-state index contributed by atoms with van der Waals surface area (Å²) in [6.45, 7) is 1.67. The van der Waals surface area contributed by atoms with Crippen LogP contribution in [-0.4, -0.2) is 36.4 Å². The third-order valence-corrected chi connectivity index (χ3v) is 5.53. The summed E-state index contributed by atoms with van der Waals surface area (Å²) in [6.07, 6.45) is 1.61. The van der Waals surface area contributed by atoms with Crippen LogP contribution in [0.25, 0.3) is 0 Å². The first-order valence-corrected chi connectivity index (χ1v) is 7.79. The van der Waals surface area contributed by atoms with Gasteiger partial charge in [0, 0.05) is 6.54 Å². The van der Waals surface area contributed by atoms with E-state index in [0.717, 1.165) is 16.4 Å². The molecular formula is C13H16FNO4S. The second-order valence-electron chi connectivity index (χ2n) is 4.88. The van der Waals surface area contributed by atoms with E-state index >= 15 is 0 Å². The number of aryl methyl sites for hydroxylation is 1. The van der Waals surface area contributed by atoms with Gasteiger partial charge in [0.15, 0.2) is 0 Å². The summed E-state index contributed by atoms with van der Waals surface area (Å²) < 4.78 is 39.2. The summed E-state index contributed by atoms with van der Waals surface area (Å²) in [6, 6.07) is 2.35. The van der Waals surface area contributed by atoms with Gasteiger partial charge in [0.2, 0.25) is 10.0 Å². The van der Waals surface area contributed by atoms with E-state index in [0.29, 0.717) is 19.3 Å². The molecule has 1 heterocycles. The average molecular weight is 301 g/mol. The molecule has 0 aromatic heterocycles. The minimum atomic E-state index is -3.92. The number of carbonyl (C=O) groups is 1. The van der Waals surface area contributed by atoms with Gasteiger partial charge in [0.1, 0.15) is 11.9 Å². The Morgan fingerprint density at radius 2 is 2.10 bits per heavy atom. The zero-order valence-corrected chi connectivity index (χ0v) is 11.9. The second-order valence-corrected chi connectivity index (χ2v) is 6.73. The molecule has 0 spiro atoms. The van der Waals surface area contributed by atoms with Crippen molar-refractivity contribution >= 4 is 16.0 Å². The maximum atomic E-state index is 13.1. The Morgan fingerprint density at radius 3 is 2.70 bits per heavy atom. The number of sulfonamides is 1. The third-order valence-electron chi connectivity index (χ3n) is 3.46. The van der Waals surface area contributed by atoms with E-state index in [1.165, 1.54) is 13.0 Å². The summed E-state index contributed by atoms with van der Waals surface area (Å²) in [5.74, 6) is -1.66. The van der Waals surface area contributed by atoms with Crippen LogP contribution in [-0.2, 0) is 14.8 Å². The van der Waals surface area contributed by atoms with Crippen molar-refractivity contribution < 1.29 is 22.7 Å². The molecule has 1 aromatic carbocycles. The molecule has 0 radical (unpaired) electrons. The lowest BCUT2D eigenvalue weighted by atomic mass is 10.1. The van der Waals surface area contributed by atoms with E-state index in [2.05, 4.69) is 0 Å². The van der Waals surface area contributed by atoms with Crippen molar-refractivity contribution in [2.24, 2.45) is 0 Å². The molecule has 1 atom stereocenters. The average Bonchev–Trinajstić information content (AvgIpc) is 2.38. The molecule has 1 fully saturated rings. The van der Waals surface area contributed by atoms with E-state index in [1.807, 2.05) is 0 Å². The highest BCUT2D eigenvalue weighted by molar-refractivity contribution is 7.89. The Labute approximate surface area is 117 Å². The van der Waals surface area contributed by atoms with Crippen LogP contribution in [0.4, 0.5) is 4.39 Å². The topological polar surface area (TPSA) is 74.7 Å². The molecule has 20 heavy (non-hydrogen) atoms. The Balaban J connectivity index is 2.45. The van der Waals surface area contributed by atoms with Gasteiger partial charge in [-0.3, -0.25) is 4.79 Å². The zero-order valence-electron chi connectivity index (χ0n) is 11.0. The molecule has 1 saturated heterocycles. The first-order valence-electron chi connectivity index (χ1n) is 6.35. The first-order chi connectivity index (χ1) is 9.34. The lowest BCUT2D eigenvalue weighted by Crippen LogP contribution is -2.47. The van der Waals surface area contributed by atoms with Crippen LogP contribution >= 0.6 is 0 Å². The Kier molecular flexibility index (Phi) is 4.10. The molecular weight excluding hydrogens is 285 g/mol. The third kappa shape index (κ3) is 2.69. The number of benzene rings is 1. The molecule has 2 rings (SSSR count). The number of piperidine rings is 1. The van der Waals surface area contributed by atoms with Crippen LogP contribution in [0, 0.1) is 12.7 Å². The quantitative estimate of drug-likeness (QED) is 0.923. The minimum absolute atomic E-state index is 0.0351. The van der Waals surface area contributed by atoms with Crippen molar-refractivity contribution in [3.63, 3.8) is 0 Å². The maximum absolute atomic E-state index is 13.1. The molecule has 5 nitrogen and oxygen atoms in total. The van der Waals surface area contributed by atoms with Crippen molar-refractivity contribution in [3.8, 4) is 0 Å². The van der Waals surface area contributed by atoms with Gasteiger partial charge < -0.3 is 5.11 Å². The predicted octanol–water partition coefficient (Wildman–Crippen LogP) is 1.76. The highest BCUT2D eigenvalue weighted by Crippen LogP contribution is 2.27. The maximum Gasteiger partial charge on any atom is 0.322 e. The van der Waals surface area contributed by atoms with E-state index < -0.39 is 27.9 Å². The fraction of sp³-hybridized carbons (Fsp3) is 0.462. The van der Waals surface area contributed by atoms with Crippen LogP contribution in [0.15, 0.2) is 23.1 Å². The van der Waals surface area contributed by atoms with Gasteiger partial charge in [-0.05, 0) is 49.9 Å². The molecule has 0 amide bonds. The van der Waals surface area contributed by atoms with Crippen LogP contribution in [0.5, 0.6) is 0 Å². The minimum Gasteiger partial charge on any atom is -0.480 e. The van der Waals surface area contributed by atoms with Crippen LogP contribution in [0.3, 0.4) is 0 Å². The lowest BCUT2D eigenvalue weighted by molar-refractivity contribution is -0.142. The van der Waals surface area contributed by atoms with Gasteiger partial charge in [0.05, 0.1) is 4.90 Å². The Hall–Kier alpha value is -1.47. The van der Waals surface area contributed by atoms with E-state index in [9.17, 15) is 17.6 Å². The standard InChI is InChI=1S/C13H16FNO4S/c1-9-8-10(14)5-6-12(9)20(18,19)15-7-3-2-4-11(15)13(16)17/h5-6,8,11H,2-4,7H2,1H3,(H,16,17)/t11-/m0/s1. The second kappa shape index (κ2) is 5.49. The zero-order chi connectivity index (χ0) is 14.9. The van der Waals surface area contributed by atoms with Crippen molar-refractivity contribution in [1.29, 1.82) is 0 Å². The predicted molar refractivity (Wildman–Crippen MR) is 70.3 cm³/mol. The van der Waals surface area contributed by atoms with Crippen molar-refractivity contribution in [2.75, 3.05) is 6.54 Å². The highest BCUT2D eigenvalue weighted by atomic mass is 32.2. The number of carboxylic acid groups (broad SMARTS) is 1. The molecule has 110 valence electrons. The monoisotopic (exact) mass is 301 g/mol. The van der Waals surface area contributed by atoms with Crippen molar-refractivity contribution in [3.05, 3.63) is 29.6 Å². The molecule has 0 aliphatic carbocycles. The van der Waals surface area contributed by atoms with E-state index in [1.54, 1.807) is 0 Å². The first kappa shape index (κ1) is 14.9. The van der Waals surface area contributed by atoms with Gasteiger partial charge in [-0.2, -0.15) is 4.31 Å². The number of halogens is 1. The lowest BCUT2D eigenvalue weighted by Gasteiger charge is -2.32. The summed E-state index contributed by atoms with van der Waals surface area (Å²) in [5.41, 5.74) is 0.278. The molecule has 1 N–H and O–H groups in total. The molecule has 7 heteroatoms. The summed E-state index contributed by atoms with van der Waals surface area (Å²) >= 11 is 0. The number of hydrogen-bond donors (Lipinski definition) is 1. The van der Waals surface area contributed by atoms with Gasteiger partial charge in [0.25, 0.3) is 0 Å². The summed E-state index contributed by atoms with van der Waals surface area (Å²) in [4.78, 5) is 11.2. The largest absolute Gasteiger partial charge is 0.480 e. The summed E-state index contributed by atoms with van der Waals surface area (Å²) in [7, 11) is -3.92. The molecule has 0 saturated carbocycles. The number of carboxylic acids is 1. The fourth-order valence-electron chi connectivity index (χ4n) is 2.47. The SMILES string of the molecule is Cc1cc(F)ccc1S(=O)(=O)N1CCCC[C@H]1C(=O)O. The summed E-state index contributed by atoms with van der Waals surface area (Å²) in [5, 5.41) is 9.17. The smallest absolute Gasteiger partial charge is 0.322 e. The Bertz CT molecular complexity index is 629. The molecule has 1 aliphatic heterocycles. The van der Waals surface area contributed by atoms with Gasteiger partial charge in [-0.1, -0.05) is 0 Å². The number of nitrogens with zero attached hydrogens (tertiary/aromatic N) is 1. The van der Waals surface area contributed by atoms with E-state index in [4.69, 9.17) is 5.11 Å². The van der Waals surface area contributed by atoms with Gasteiger partial charge in [-0.25, -0.2) is 12.8 Å². The normalized spacial score (nSPS) is 20.8. The number of aliphatic carboxylic acids is 1. The molecule has 1 aliphatic rings. The van der Waals surface area contributed by atoms with Crippen molar-refractivity contribution in [2.45, 2.75) is 37.1 Å². The van der Waals surface area contributed by atoms with Gasteiger partial charge in [-0.15, -0.1) is 0 Å².